The lowest BCUT2D eigenvalue weighted by atomic mass is 10.1. The van der Waals surface area contributed by atoms with Crippen LogP contribution in [0.2, 0.25) is 5.02 Å². The van der Waals surface area contributed by atoms with Crippen molar-refractivity contribution in [2.75, 3.05) is 11.1 Å². The zero-order valence-corrected chi connectivity index (χ0v) is 21.3. The molecule has 1 aliphatic heterocycles. The zero-order chi connectivity index (χ0) is 24.2. The van der Waals surface area contributed by atoms with Gasteiger partial charge in [-0.05, 0) is 43.2 Å². The van der Waals surface area contributed by atoms with Crippen LogP contribution in [0.25, 0.3) is 22.6 Å². The quantitative estimate of drug-likeness (QED) is 0.192. The molecule has 1 atom stereocenters. The van der Waals surface area contributed by atoms with Crippen LogP contribution in [-0.2, 0) is 0 Å². The van der Waals surface area contributed by atoms with Crippen molar-refractivity contribution in [3.8, 4) is 28.5 Å². The van der Waals surface area contributed by atoms with Crippen molar-refractivity contribution in [3.05, 3.63) is 70.9 Å². The number of hydrogen-bond acceptors (Lipinski definition) is 7. The van der Waals surface area contributed by atoms with Crippen LogP contribution in [-0.4, -0.2) is 20.9 Å². The van der Waals surface area contributed by atoms with Crippen LogP contribution in [0.3, 0.4) is 0 Å². The van der Waals surface area contributed by atoms with Crippen LogP contribution in [0.1, 0.15) is 50.2 Å². The molecule has 0 radical (unpaired) electrons. The highest BCUT2D eigenvalue weighted by Crippen LogP contribution is 2.40. The molecule has 180 valence electrons. The van der Waals surface area contributed by atoms with E-state index in [1.165, 1.54) is 19.3 Å². The molecule has 2 aromatic carbocycles. The van der Waals surface area contributed by atoms with Gasteiger partial charge in [0, 0.05) is 27.6 Å². The highest BCUT2D eigenvalue weighted by molar-refractivity contribution is 7.99. The summed E-state index contributed by atoms with van der Waals surface area (Å²) in [6, 6.07) is 17.6. The Morgan fingerprint density at radius 2 is 1.91 bits per heavy atom. The third kappa shape index (κ3) is 5.31. The maximum Gasteiger partial charge on any atom is 0.247 e. The van der Waals surface area contributed by atoms with Crippen molar-refractivity contribution in [1.82, 2.24) is 15.2 Å². The van der Waals surface area contributed by atoms with Gasteiger partial charge in [-0.1, -0.05) is 79.9 Å². The summed E-state index contributed by atoms with van der Waals surface area (Å²) in [4.78, 5) is 4.72. The fraction of sp³-hybridized carbons (Fsp3) is 0.296. The van der Waals surface area contributed by atoms with Crippen molar-refractivity contribution in [2.24, 2.45) is 0 Å². The number of aryl methyl sites for hydroxylation is 1. The average Bonchev–Trinajstić information content (AvgIpc) is 3.30. The van der Waals surface area contributed by atoms with E-state index in [2.05, 4.69) is 22.4 Å². The molecule has 1 unspecified atom stereocenters. The van der Waals surface area contributed by atoms with E-state index in [-0.39, 0.29) is 0 Å². The Morgan fingerprint density at radius 1 is 1.03 bits per heavy atom. The number of furan rings is 1. The summed E-state index contributed by atoms with van der Waals surface area (Å²) in [5.41, 5.74) is 4.32. The monoisotopic (exact) mass is 506 g/mol. The van der Waals surface area contributed by atoms with Gasteiger partial charge in [-0.3, -0.25) is 0 Å². The van der Waals surface area contributed by atoms with Gasteiger partial charge in [0.15, 0.2) is 11.5 Å². The third-order valence-corrected chi connectivity index (χ3v) is 7.24. The number of halogens is 1. The van der Waals surface area contributed by atoms with E-state index in [4.69, 9.17) is 25.7 Å². The first-order chi connectivity index (χ1) is 17.1. The predicted octanol–water partition coefficient (Wildman–Crippen LogP) is 7.94. The summed E-state index contributed by atoms with van der Waals surface area (Å²) in [6.07, 6.45) is 4.23. The number of anilines is 1. The molecule has 0 saturated carbocycles. The van der Waals surface area contributed by atoms with Crippen molar-refractivity contribution in [2.45, 2.75) is 50.9 Å². The van der Waals surface area contributed by atoms with E-state index < -0.39 is 6.23 Å². The fourth-order valence-electron chi connectivity index (χ4n) is 3.92. The smallest absolute Gasteiger partial charge is 0.247 e. The van der Waals surface area contributed by atoms with E-state index in [9.17, 15) is 0 Å². The van der Waals surface area contributed by atoms with Gasteiger partial charge in [0.2, 0.25) is 17.3 Å². The molecule has 8 heteroatoms. The van der Waals surface area contributed by atoms with Gasteiger partial charge in [0.25, 0.3) is 0 Å². The molecule has 0 saturated heterocycles. The lowest BCUT2D eigenvalue weighted by Gasteiger charge is -2.16. The number of para-hydroxylation sites is 1. The van der Waals surface area contributed by atoms with Crippen molar-refractivity contribution in [3.63, 3.8) is 0 Å². The number of aromatic nitrogens is 3. The molecule has 1 aliphatic rings. The summed E-state index contributed by atoms with van der Waals surface area (Å²) in [5.74, 6) is 2.75. The number of hydrogen-bond donors (Lipinski definition) is 1. The summed E-state index contributed by atoms with van der Waals surface area (Å²) in [7, 11) is 0. The van der Waals surface area contributed by atoms with E-state index in [0.717, 1.165) is 34.6 Å². The van der Waals surface area contributed by atoms with E-state index in [0.29, 0.717) is 33.3 Å². The zero-order valence-electron chi connectivity index (χ0n) is 19.8. The minimum absolute atomic E-state index is 0.440. The Kier molecular flexibility index (Phi) is 7.25. The van der Waals surface area contributed by atoms with Gasteiger partial charge in [-0.25, -0.2) is 0 Å². The number of unbranched alkanes of at least 4 members (excludes halogenated alkanes) is 3. The minimum atomic E-state index is -0.578. The molecule has 3 heterocycles. The second kappa shape index (κ2) is 10.7. The molecular weight excluding hydrogens is 480 g/mol. The molecule has 0 fully saturated rings. The van der Waals surface area contributed by atoms with E-state index in [1.807, 2.05) is 61.5 Å². The molecule has 0 aliphatic carbocycles. The number of benzene rings is 2. The first-order valence-electron chi connectivity index (χ1n) is 11.9. The summed E-state index contributed by atoms with van der Waals surface area (Å²) >= 11 is 7.94. The predicted molar refractivity (Wildman–Crippen MR) is 141 cm³/mol. The highest BCUT2D eigenvalue weighted by atomic mass is 35.5. The largest absolute Gasteiger partial charge is 0.455 e. The Bertz CT molecular complexity index is 1330. The maximum atomic E-state index is 6.35. The number of thioether (sulfide) groups is 1. The van der Waals surface area contributed by atoms with Gasteiger partial charge >= 0.3 is 0 Å². The fourth-order valence-corrected chi connectivity index (χ4v) is 4.88. The van der Waals surface area contributed by atoms with Crippen molar-refractivity contribution < 1.29 is 9.15 Å². The maximum absolute atomic E-state index is 6.35. The first-order valence-corrected chi connectivity index (χ1v) is 13.2. The van der Waals surface area contributed by atoms with E-state index >= 15 is 0 Å². The van der Waals surface area contributed by atoms with Crippen LogP contribution < -0.4 is 10.1 Å². The average molecular weight is 507 g/mol. The number of nitrogens with zero attached hydrogens (tertiary/aromatic N) is 3. The molecule has 0 spiro atoms. The Labute approximate surface area is 214 Å². The lowest BCUT2D eigenvalue weighted by Crippen LogP contribution is -2.16. The van der Waals surface area contributed by atoms with Crippen LogP contribution >= 0.6 is 23.4 Å². The summed E-state index contributed by atoms with van der Waals surface area (Å²) in [5, 5.41) is 13.6. The minimum Gasteiger partial charge on any atom is -0.455 e. The molecule has 6 nitrogen and oxygen atoms in total. The van der Waals surface area contributed by atoms with Gasteiger partial charge in [-0.2, -0.15) is 4.98 Å². The molecule has 1 N–H and O–H groups in total. The molecular formula is C27H27ClN4O2S. The Balaban J connectivity index is 1.43. The first kappa shape index (κ1) is 23.7. The van der Waals surface area contributed by atoms with E-state index in [1.54, 1.807) is 11.8 Å². The normalized spacial score (nSPS) is 14.4. The molecule has 2 aromatic heterocycles. The molecule has 0 amide bonds. The van der Waals surface area contributed by atoms with Crippen LogP contribution in [0.4, 0.5) is 5.69 Å². The van der Waals surface area contributed by atoms with Gasteiger partial charge in [0.1, 0.15) is 5.76 Å². The summed E-state index contributed by atoms with van der Waals surface area (Å²) in [6.45, 7) is 4.19. The lowest BCUT2D eigenvalue weighted by molar-refractivity contribution is 0.196. The number of fused-ring (bicyclic) bond motifs is 3. The molecule has 5 rings (SSSR count). The second-order valence-electron chi connectivity index (χ2n) is 8.51. The van der Waals surface area contributed by atoms with Gasteiger partial charge in [-0.15, -0.1) is 10.2 Å². The van der Waals surface area contributed by atoms with Crippen LogP contribution in [0.5, 0.6) is 5.88 Å². The standard InChI is InChI=1S/C27H27ClN4O2S/c1-3-4-5-8-15-35-27-30-26-24(31-32-27)19-9-6-7-10-21(19)29-25(34-26)23-14-13-22(33-23)18-12-11-17(2)20(28)16-18/h6-7,9-14,16,25,29H,3-5,8,15H2,1-2H3. The molecule has 4 aromatic rings. The Hall–Kier alpha value is -3.03. The highest BCUT2D eigenvalue weighted by Gasteiger charge is 2.28. The topological polar surface area (TPSA) is 73.1 Å². The van der Waals surface area contributed by atoms with Crippen LogP contribution in [0.15, 0.2) is 64.2 Å². The van der Waals surface area contributed by atoms with Crippen molar-refractivity contribution in [1.29, 1.82) is 0 Å². The molecule has 35 heavy (non-hydrogen) atoms. The number of ether oxygens (including phenoxy) is 1. The number of nitrogens with one attached hydrogen (secondary N) is 1. The summed E-state index contributed by atoms with van der Waals surface area (Å²) < 4.78 is 12.6. The van der Waals surface area contributed by atoms with Crippen molar-refractivity contribution >= 4 is 29.1 Å². The SMILES string of the molecule is CCCCCCSc1nnc2c(n1)OC(c1ccc(-c3ccc(C)c(Cl)c3)o1)Nc1ccccc1-2. The van der Waals surface area contributed by atoms with Crippen LogP contribution in [0, 0.1) is 6.92 Å². The Morgan fingerprint density at radius 3 is 2.77 bits per heavy atom. The van der Waals surface area contributed by atoms with Gasteiger partial charge in [0.05, 0.1) is 0 Å². The second-order valence-corrected chi connectivity index (χ2v) is 9.98. The van der Waals surface area contributed by atoms with Gasteiger partial charge < -0.3 is 14.5 Å². The third-order valence-electron chi connectivity index (χ3n) is 5.90. The number of rotatable bonds is 8. The molecule has 0 bridgehead atoms.